The molecule has 2 aromatic carbocycles. The van der Waals surface area contributed by atoms with E-state index in [0.717, 1.165) is 5.56 Å². The van der Waals surface area contributed by atoms with Crippen LogP contribution in [-0.2, 0) is 0 Å². The number of carbonyl (C=O) groups excluding carboxylic acids is 1. The summed E-state index contributed by atoms with van der Waals surface area (Å²) in [6.07, 6.45) is 0. The number of anilines is 1. The molecule has 1 amide bonds. The van der Waals surface area contributed by atoms with Gasteiger partial charge in [0.15, 0.2) is 5.82 Å². The first kappa shape index (κ1) is 20.5. The Morgan fingerprint density at radius 1 is 1.10 bits per heavy atom. The maximum atomic E-state index is 13.1. The summed E-state index contributed by atoms with van der Waals surface area (Å²) in [5.41, 5.74) is 1.50. The molecule has 1 heterocycles. The first-order chi connectivity index (χ1) is 13.7. The molecule has 8 heteroatoms. The molecule has 150 valence electrons. The SMILES string of the molecule is CC(C)(C)N=C(NC(=O)c1ccc(Cl)cc1)Nc1cc(-c2ccc(F)cc2)[nH]n1. The van der Waals surface area contributed by atoms with Gasteiger partial charge in [-0.25, -0.2) is 9.38 Å². The van der Waals surface area contributed by atoms with Crippen molar-refractivity contribution < 1.29 is 9.18 Å². The van der Waals surface area contributed by atoms with Gasteiger partial charge in [0.05, 0.1) is 11.2 Å². The highest BCUT2D eigenvalue weighted by atomic mass is 35.5. The molecule has 0 radical (unpaired) electrons. The maximum absolute atomic E-state index is 13.1. The van der Waals surface area contributed by atoms with Crippen molar-refractivity contribution in [3.63, 3.8) is 0 Å². The van der Waals surface area contributed by atoms with Crippen LogP contribution in [0.5, 0.6) is 0 Å². The van der Waals surface area contributed by atoms with Crippen LogP contribution in [0.3, 0.4) is 0 Å². The number of aromatic amines is 1. The van der Waals surface area contributed by atoms with Gasteiger partial charge in [-0.1, -0.05) is 11.6 Å². The molecule has 1 aromatic heterocycles. The largest absolute Gasteiger partial charge is 0.309 e. The van der Waals surface area contributed by atoms with Gasteiger partial charge in [0.1, 0.15) is 5.82 Å². The number of carbonyl (C=O) groups is 1. The van der Waals surface area contributed by atoms with E-state index in [9.17, 15) is 9.18 Å². The third-order valence-electron chi connectivity index (χ3n) is 3.77. The van der Waals surface area contributed by atoms with Crippen LogP contribution in [0, 0.1) is 5.82 Å². The van der Waals surface area contributed by atoms with Crippen LogP contribution >= 0.6 is 11.6 Å². The zero-order valence-corrected chi connectivity index (χ0v) is 17.0. The Balaban J connectivity index is 1.79. The summed E-state index contributed by atoms with van der Waals surface area (Å²) in [6, 6.07) is 14.4. The van der Waals surface area contributed by atoms with Gasteiger partial charge in [-0.3, -0.25) is 15.2 Å². The van der Waals surface area contributed by atoms with Gasteiger partial charge < -0.3 is 5.32 Å². The van der Waals surface area contributed by atoms with Crippen LogP contribution in [0.4, 0.5) is 10.2 Å². The van der Waals surface area contributed by atoms with Crippen molar-refractivity contribution in [1.82, 2.24) is 15.5 Å². The third kappa shape index (κ3) is 5.89. The molecule has 0 aliphatic rings. The Labute approximate surface area is 173 Å². The maximum Gasteiger partial charge on any atom is 0.257 e. The van der Waals surface area contributed by atoms with Crippen LogP contribution in [-0.4, -0.2) is 27.6 Å². The number of amides is 1. The summed E-state index contributed by atoms with van der Waals surface area (Å²) in [5.74, 6) is 0.0842. The average Bonchev–Trinajstić information content (AvgIpc) is 3.09. The Morgan fingerprint density at radius 3 is 2.38 bits per heavy atom. The molecule has 0 unspecified atom stereocenters. The lowest BCUT2D eigenvalue weighted by molar-refractivity contribution is 0.0977. The zero-order chi connectivity index (χ0) is 21.0. The first-order valence-corrected chi connectivity index (χ1v) is 9.32. The van der Waals surface area contributed by atoms with Gasteiger partial charge >= 0.3 is 0 Å². The van der Waals surface area contributed by atoms with E-state index in [1.54, 1.807) is 42.5 Å². The number of hydrogen-bond acceptors (Lipinski definition) is 3. The second-order valence-corrected chi connectivity index (χ2v) is 7.83. The third-order valence-corrected chi connectivity index (χ3v) is 4.02. The van der Waals surface area contributed by atoms with Crippen molar-refractivity contribution in [2.75, 3.05) is 5.32 Å². The van der Waals surface area contributed by atoms with Crippen molar-refractivity contribution in [3.8, 4) is 11.3 Å². The second-order valence-electron chi connectivity index (χ2n) is 7.39. The van der Waals surface area contributed by atoms with E-state index < -0.39 is 5.54 Å². The number of guanidine groups is 1. The van der Waals surface area contributed by atoms with Gasteiger partial charge in [0, 0.05) is 16.7 Å². The highest BCUT2D eigenvalue weighted by molar-refractivity contribution is 6.30. The Bertz CT molecular complexity index is 1020. The number of aliphatic imine (C=N–C) groups is 1. The number of H-pyrrole nitrogens is 1. The van der Waals surface area contributed by atoms with Gasteiger partial charge in [-0.15, -0.1) is 0 Å². The molecule has 3 N–H and O–H groups in total. The number of hydrogen-bond donors (Lipinski definition) is 3. The van der Waals surface area contributed by atoms with E-state index in [-0.39, 0.29) is 17.7 Å². The van der Waals surface area contributed by atoms with E-state index in [1.807, 2.05) is 20.8 Å². The summed E-state index contributed by atoms with van der Waals surface area (Å²) in [7, 11) is 0. The molecule has 3 rings (SSSR count). The fourth-order valence-electron chi connectivity index (χ4n) is 2.49. The topological polar surface area (TPSA) is 82.2 Å². The molecule has 0 spiro atoms. The minimum atomic E-state index is -0.439. The molecule has 0 aliphatic heterocycles. The lowest BCUT2D eigenvalue weighted by Crippen LogP contribution is -2.38. The highest BCUT2D eigenvalue weighted by Gasteiger charge is 2.15. The van der Waals surface area contributed by atoms with Crippen LogP contribution in [0.25, 0.3) is 11.3 Å². The normalized spacial score (nSPS) is 12.0. The lowest BCUT2D eigenvalue weighted by Gasteiger charge is -2.17. The molecule has 29 heavy (non-hydrogen) atoms. The molecular weight excluding hydrogens is 393 g/mol. The van der Waals surface area contributed by atoms with E-state index in [1.165, 1.54) is 12.1 Å². The molecular formula is C21H21ClFN5O. The van der Waals surface area contributed by atoms with Crippen molar-refractivity contribution in [3.05, 3.63) is 71.0 Å². The first-order valence-electron chi connectivity index (χ1n) is 8.95. The molecule has 0 bridgehead atoms. The minimum absolute atomic E-state index is 0.259. The molecule has 0 fully saturated rings. The van der Waals surface area contributed by atoms with Crippen molar-refractivity contribution in [2.24, 2.45) is 4.99 Å². The standard InChI is InChI=1S/C21H21ClFN5O/c1-21(2,3)26-20(25-19(29)14-4-8-15(22)9-5-14)24-18-12-17(27-28-18)13-6-10-16(23)11-7-13/h4-12H,1-3H3,(H3,24,25,26,27,28,29). The predicted octanol–water partition coefficient (Wildman–Crippen LogP) is 4.87. The van der Waals surface area contributed by atoms with E-state index in [4.69, 9.17) is 11.6 Å². The van der Waals surface area contributed by atoms with Crippen LogP contribution < -0.4 is 10.6 Å². The van der Waals surface area contributed by atoms with Crippen LogP contribution in [0.15, 0.2) is 59.6 Å². The molecule has 3 aromatic rings. The number of benzene rings is 2. The van der Waals surface area contributed by atoms with Gasteiger partial charge in [-0.2, -0.15) is 5.10 Å². The van der Waals surface area contributed by atoms with Crippen molar-refractivity contribution in [2.45, 2.75) is 26.3 Å². The highest BCUT2D eigenvalue weighted by Crippen LogP contribution is 2.20. The Morgan fingerprint density at radius 2 is 1.76 bits per heavy atom. The zero-order valence-electron chi connectivity index (χ0n) is 16.3. The minimum Gasteiger partial charge on any atom is -0.309 e. The summed E-state index contributed by atoms with van der Waals surface area (Å²) in [4.78, 5) is 17.1. The van der Waals surface area contributed by atoms with E-state index >= 15 is 0 Å². The Hall–Kier alpha value is -3.19. The number of rotatable bonds is 3. The summed E-state index contributed by atoms with van der Waals surface area (Å²) < 4.78 is 13.1. The van der Waals surface area contributed by atoms with E-state index in [2.05, 4.69) is 25.8 Å². The molecule has 6 nitrogen and oxygen atoms in total. The second kappa shape index (κ2) is 8.45. The van der Waals surface area contributed by atoms with Gasteiger partial charge in [0.2, 0.25) is 5.96 Å². The summed E-state index contributed by atoms with van der Waals surface area (Å²) in [6.45, 7) is 5.74. The van der Waals surface area contributed by atoms with E-state index in [0.29, 0.717) is 22.1 Å². The molecule has 0 atom stereocenters. The van der Waals surface area contributed by atoms with Gasteiger partial charge in [-0.05, 0) is 74.9 Å². The van der Waals surface area contributed by atoms with Crippen molar-refractivity contribution in [1.29, 1.82) is 0 Å². The number of aromatic nitrogens is 2. The van der Waals surface area contributed by atoms with Crippen LogP contribution in [0.2, 0.25) is 5.02 Å². The molecule has 0 saturated heterocycles. The quantitative estimate of drug-likeness (QED) is 0.423. The lowest BCUT2D eigenvalue weighted by atomic mass is 10.1. The smallest absolute Gasteiger partial charge is 0.257 e. The van der Waals surface area contributed by atoms with Crippen LogP contribution in [0.1, 0.15) is 31.1 Å². The number of nitrogens with zero attached hydrogens (tertiary/aromatic N) is 2. The number of nitrogens with one attached hydrogen (secondary N) is 3. The monoisotopic (exact) mass is 413 g/mol. The van der Waals surface area contributed by atoms with Gasteiger partial charge in [0.25, 0.3) is 5.91 Å². The molecule has 0 saturated carbocycles. The predicted molar refractivity (Wildman–Crippen MR) is 114 cm³/mol. The fraction of sp³-hybridized carbons (Fsp3) is 0.190. The summed E-state index contributed by atoms with van der Waals surface area (Å²) in [5, 5.41) is 13.4. The molecule has 0 aliphatic carbocycles. The Kier molecular flexibility index (Phi) is 5.98. The van der Waals surface area contributed by atoms with Crippen molar-refractivity contribution >= 4 is 29.3 Å². The fourth-order valence-corrected chi connectivity index (χ4v) is 2.61. The summed E-state index contributed by atoms with van der Waals surface area (Å²) >= 11 is 5.88. The average molecular weight is 414 g/mol. The number of halogens is 2.